The molecule has 1 aromatic carbocycles. The molecular formula is C12H16ClNO2. The molecule has 0 bridgehead atoms. The molecule has 0 amide bonds. The van der Waals surface area contributed by atoms with E-state index in [2.05, 4.69) is 0 Å². The summed E-state index contributed by atoms with van der Waals surface area (Å²) in [5.41, 5.74) is 5.66. The van der Waals surface area contributed by atoms with Gasteiger partial charge in [0.25, 0.3) is 0 Å². The molecule has 0 spiro atoms. The van der Waals surface area contributed by atoms with Crippen molar-refractivity contribution in [2.24, 2.45) is 5.73 Å². The van der Waals surface area contributed by atoms with Crippen molar-refractivity contribution in [3.8, 4) is 5.75 Å². The van der Waals surface area contributed by atoms with Gasteiger partial charge in [-0.1, -0.05) is 11.6 Å². The van der Waals surface area contributed by atoms with Crippen LogP contribution in [0.2, 0.25) is 5.02 Å². The zero-order chi connectivity index (χ0) is 12.3. The molecule has 1 rings (SSSR count). The summed E-state index contributed by atoms with van der Waals surface area (Å²) in [4.78, 5) is 11.8. The minimum Gasteiger partial charge on any atom is -0.496 e. The molecule has 0 aliphatic carbocycles. The lowest BCUT2D eigenvalue weighted by atomic mass is 9.94. The normalized spacial score (nSPS) is 11.3. The zero-order valence-electron chi connectivity index (χ0n) is 9.71. The number of ether oxygens (including phenoxy) is 1. The van der Waals surface area contributed by atoms with Crippen LogP contribution in [0.1, 0.15) is 19.4 Å². The van der Waals surface area contributed by atoms with E-state index in [1.165, 1.54) is 0 Å². The van der Waals surface area contributed by atoms with Crippen molar-refractivity contribution in [1.82, 2.24) is 0 Å². The third kappa shape index (κ3) is 3.22. The standard InChI is InChI=1S/C12H16ClNO2/c1-12(2,14)11(15)7-8-6-9(13)4-5-10(8)16-3/h4-6H,7,14H2,1-3H3. The van der Waals surface area contributed by atoms with Crippen LogP contribution < -0.4 is 10.5 Å². The van der Waals surface area contributed by atoms with Gasteiger partial charge in [0.05, 0.1) is 12.6 Å². The van der Waals surface area contributed by atoms with Crippen molar-refractivity contribution in [1.29, 1.82) is 0 Å². The minimum absolute atomic E-state index is 0.0481. The van der Waals surface area contributed by atoms with Crippen LogP contribution in [0.15, 0.2) is 18.2 Å². The molecule has 88 valence electrons. The molecule has 0 radical (unpaired) electrons. The van der Waals surface area contributed by atoms with Gasteiger partial charge in [-0.15, -0.1) is 0 Å². The lowest BCUT2D eigenvalue weighted by Gasteiger charge is -2.17. The maximum Gasteiger partial charge on any atom is 0.156 e. The second kappa shape index (κ2) is 4.85. The molecule has 4 heteroatoms. The average Bonchev–Trinajstić information content (AvgIpc) is 2.16. The first-order valence-corrected chi connectivity index (χ1v) is 5.37. The van der Waals surface area contributed by atoms with E-state index < -0.39 is 5.54 Å². The molecule has 1 aromatic rings. The van der Waals surface area contributed by atoms with Crippen molar-refractivity contribution in [3.05, 3.63) is 28.8 Å². The van der Waals surface area contributed by atoms with E-state index in [1.807, 2.05) is 0 Å². The van der Waals surface area contributed by atoms with Gasteiger partial charge in [-0.3, -0.25) is 4.79 Å². The lowest BCUT2D eigenvalue weighted by molar-refractivity contribution is -0.122. The fraction of sp³-hybridized carbons (Fsp3) is 0.417. The van der Waals surface area contributed by atoms with Gasteiger partial charge in [-0.25, -0.2) is 0 Å². The molecule has 0 aromatic heterocycles. The summed E-state index contributed by atoms with van der Waals surface area (Å²) < 4.78 is 5.16. The van der Waals surface area contributed by atoms with Gasteiger partial charge in [0, 0.05) is 17.0 Å². The number of carbonyl (C=O) groups excluding carboxylic acids is 1. The van der Waals surface area contributed by atoms with E-state index in [1.54, 1.807) is 39.2 Å². The topological polar surface area (TPSA) is 52.3 Å². The number of rotatable bonds is 4. The van der Waals surface area contributed by atoms with Crippen LogP contribution in [0.4, 0.5) is 0 Å². The minimum atomic E-state index is -0.840. The Bertz CT molecular complexity index is 396. The maximum atomic E-state index is 11.8. The second-order valence-electron chi connectivity index (χ2n) is 4.28. The molecule has 0 unspecified atom stereocenters. The molecule has 2 N–H and O–H groups in total. The molecule has 0 atom stereocenters. The summed E-state index contributed by atoms with van der Waals surface area (Å²) in [6.45, 7) is 3.37. The molecule has 0 aliphatic rings. The predicted molar refractivity (Wildman–Crippen MR) is 65.0 cm³/mol. The van der Waals surface area contributed by atoms with Gasteiger partial charge in [0.2, 0.25) is 0 Å². The second-order valence-corrected chi connectivity index (χ2v) is 4.71. The lowest BCUT2D eigenvalue weighted by Crippen LogP contribution is -2.42. The van der Waals surface area contributed by atoms with E-state index in [-0.39, 0.29) is 12.2 Å². The van der Waals surface area contributed by atoms with Crippen molar-refractivity contribution in [3.63, 3.8) is 0 Å². The van der Waals surface area contributed by atoms with Crippen LogP contribution in [0, 0.1) is 0 Å². The Hall–Kier alpha value is -1.06. The Morgan fingerprint density at radius 3 is 2.62 bits per heavy atom. The van der Waals surface area contributed by atoms with Crippen LogP contribution in [0.25, 0.3) is 0 Å². The van der Waals surface area contributed by atoms with E-state index >= 15 is 0 Å². The highest BCUT2D eigenvalue weighted by Gasteiger charge is 2.23. The third-order valence-electron chi connectivity index (χ3n) is 2.31. The van der Waals surface area contributed by atoms with Crippen LogP contribution >= 0.6 is 11.6 Å². The first kappa shape index (κ1) is 13.0. The van der Waals surface area contributed by atoms with Gasteiger partial charge >= 0.3 is 0 Å². The summed E-state index contributed by atoms with van der Waals surface area (Å²) in [7, 11) is 1.56. The summed E-state index contributed by atoms with van der Waals surface area (Å²) in [6, 6.07) is 5.19. The fourth-order valence-corrected chi connectivity index (χ4v) is 1.48. The number of benzene rings is 1. The van der Waals surface area contributed by atoms with Gasteiger partial charge in [0.15, 0.2) is 5.78 Å². The molecule has 0 saturated carbocycles. The summed E-state index contributed by atoms with van der Waals surface area (Å²) in [5, 5.41) is 0.582. The van der Waals surface area contributed by atoms with Crippen LogP contribution in [0.3, 0.4) is 0 Å². The van der Waals surface area contributed by atoms with E-state index in [4.69, 9.17) is 22.1 Å². The summed E-state index contributed by atoms with van der Waals surface area (Å²) in [6.07, 6.45) is 0.229. The van der Waals surface area contributed by atoms with Crippen LogP contribution in [0.5, 0.6) is 5.75 Å². The Labute approximate surface area is 101 Å². The third-order valence-corrected chi connectivity index (χ3v) is 2.55. The van der Waals surface area contributed by atoms with Gasteiger partial charge < -0.3 is 10.5 Å². The van der Waals surface area contributed by atoms with Crippen molar-refractivity contribution in [2.75, 3.05) is 7.11 Å². The van der Waals surface area contributed by atoms with Crippen molar-refractivity contribution < 1.29 is 9.53 Å². The Morgan fingerprint density at radius 2 is 2.12 bits per heavy atom. The van der Waals surface area contributed by atoms with Crippen LogP contribution in [-0.4, -0.2) is 18.4 Å². The molecule has 0 heterocycles. The number of ketones is 1. The van der Waals surface area contributed by atoms with Gasteiger partial charge in [-0.05, 0) is 32.0 Å². The number of halogens is 1. The number of carbonyl (C=O) groups is 1. The Balaban J connectivity index is 2.96. The number of hydrogen-bond donors (Lipinski definition) is 1. The van der Waals surface area contributed by atoms with E-state index in [0.29, 0.717) is 10.8 Å². The predicted octanol–water partition coefficient (Wildman–Crippen LogP) is 2.20. The van der Waals surface area contributed by atoms with Gasteiger partial charge in [0.1, 0.15) is 5.75 Å². The Kier molecular flexibility index (Phi) is 3.94. The largest absolute Gasteiger partial charge is 0.496 e. The quantitative estimate of drug-likeness (QED) is 0.879. The monoisotopic (exact) mass is 241 g/mol. The SMILES string of the molecule is COc1ccc(Cl)cc1CC(=O)C(C)(C)N. The van der Waals surface area contributed by atoms with Crippen LogP contribution in [-0.2, 0) is 11.2 Å². The Morgan fingerprint density at radius 1 is 1.50 bits per heavy atom. The molecule has 3 nitrogen and oxygen atoms in total. The molecule has 0 fully saturated rings. The van der Waals surface area contributed by atoms with E-state index in [0.717, 1.165) is 5.56 Å². The van der Waals surface area contributed by atoms with Crippen molar-refractivity contribution >= 4 is 17.4 Å². The fourth-order valence-electron chi connectivity index (χ4n) is 1.29. The highest BCUT2D eigenvalue weighted by molar-refractivity contribution is 6.30. The number of Topliss-reactive ketones (excluding diaryl/α,β-unsaturated/α-hetero) is 1. The molecular weight excluding hydrogens is 226 g/mol. The zero-order valence-corrected chi connectivity index (χ0v) is 10.5. The highest BCUT2D eigenvalue weighted by atomic mass is 35.5. The molecule has 0 saturated heterocycles. The number of hydrogen-bond acceptors (Lipinski definition) is 3. The first-order chi connectivity index (χ1) is 7.34. The molecule has 0 aliphatic heterocycles. The highest BCUT2D eigenvalue weighted by Crippen LogP contribution is 2.24. The number of nitrogens with two attached hydrogens (primary N) is 1. The summed E-state index contributed by atoms with van der Waals surface area (Å²) in [5.74, 6) is 0.607. The maximum absolute atomic E-state index is 11.8. The number of methoxy groups -OCH3 is 1. The smallest absolute Gasteiger partial charge is 0.156 e. The average molecular weight is 242 g/mol. The first-order valence-electron chi connectivity index (χ1n) is 4.99. The molecule has 16 heavy (non-hydrogen) atoms. The van der Waals surface area contributed by atoms with E-state index in [9.17, 15) is 4.79 Å². The summed E-state index contributed by atoms with van der Waals surface area (Å²) >= 11 is 5.87. The van der Waals surface area contributed by atoms with Crippen molar-refractivity contribution in [2.45, 2.75) is 25.8 Å². The van der Waals surface area contributed by atoms with Gasteiger partial charge in [-0.2, -0.15) is 0 Å².